The van der Waals surface area contributed by atoms with Crippen LogP contribution in [0.2, 0.25) is 5.02 Å². The summed E-state index contributed by atoms with van der Waals surface area (Å²) in [6.07, 6.45) is 1.45. The minimum atomic E-state index is -0.280. The number of carbonyl (C=O) groups is 2. The van der Waals surface area contributed by atoms with Gasteiger partial charge in [-0.3, -0.25) is 0 Å². The van der Waals surface area contributed by atoms with Crippen molar-refractivity contribution in [1.82, 2.24) is 15.5 Å². The molecule has 1 fully saturated rings. The molecule has 3 amide bonds. The van der Waals surface area contributed by atoms with Gasteiger partial charge in [0, 0.05) is 31.2 Å². The number of carbonyl (C=O) groups excluding carboxylic acids is 2. The SMILES string of the molecule is COC(=O)N1CCC(CNC(=O)NCc2ccc(Cl)cc2)CC1. The highest BCUT2D eigenvalue weighted by molar-refractivity contribution is 6.30. The van der Waals surface area contributed by atoms with Crippen molar-refractivity contribution >= 4 is 23.7 Å². The molecule has 6 nitrogen and oxygen atoms in total. The van der Waals surface area contributed by atoms with Gasteiger partial charge in [-0.25, -0.2) is 9.59 Å². The van der Waals surface area contributed by atoms with Crippen LogP contribution in [0.3, 0.4) is 0 Å². The average Bonchev–Trinajstić information content (AvgIpc) is 2.59. The third-order valence-electron chi connectivity index (χ3n) is 3.96. The Morgan fingerprint density at radius 1 is 1.22 bits per heavy atom. The number of halogens is 1. The van der Waals surface area contributed by atoms with Crippen molar-refractivity contribution in [1.29, 1.82) is 0 Å². The minimum absolute atomic E-state index is 0.185. The maximum Gasteiger partial charge on any atom is 0.409 e. The highest BCUT2D eigenvalue weighted by Gasteiger charge is 2.23. The zero-order valence-electron chi connectivity index (χ0n) is 13.2. The molecular weight excluding hydrogens is 318 g/mol. The van der Waals surface area contributed by atoms with Gasteiger partial charge in [-0.1, -0.05) is 23.7 Å². The number of nitrogens with one attached hydrogen (secondary N) is 2. The number of rotatable bonds is 4. The Balaban J connectivity index is 1.63. The Bertz CT molecular complexity index is 528. The van der Waals surface area contributed by atoms with Crippen LogP contribution in [0.25, 0.3) is 0 Å². The number of benzene rings is 1. The van der Waals surface area contributed by atoms with Crippen molar-refractivity contribution in [3.63, 3.8) is 0 Å². The van der Waals surface area contributed by atoms with Crippen LogP contribution in [0.1, 0.15) is 18.4 Å². The van der Waals surface area contributed by atoms with Gasteiger partial charge < -0.3 is 20.3 Å². The predicted molar refractivity (Wildman–Crippen MR) is 88.4 cm³/mol. The highest BCUT2D eigenvalue weighted by atomic mass is 35.5. The van der Waals surface area contributed by atoms with Gasteiger partial charge in [-0.05, 0) is 36.5 Å². The van der Waals surface area contributed by atoms with E-state index in [1.807, 2.05) is 12.1 Å². The summed E-state index contributed by atoms with van der Waals surface area (Å²) >= 11 is 5.82. The molecule has 1 aliphatic rings. The van der Waals surface area contributed by atoms with Gasteiger partial charge in [0.2, 0.25) is 0 Å². The summed E-state index contributed by atoms with van der Waals surface area (Å²) in [6, 6.07) is 7.17. The molecule has 0 aromatic heterocycles. The molecule has 0 aliphatic carbocycles. The van der Waals surface area contributed by atoms with Gasteiger partial charge in [0.1, 0.15) is 0 Å². The Morgan fingerprint density at radius 3 is 2.48 bits per heavy atom. The number of ether oxygens (including phenoxy) is 1. The van der Waals surface area contributed by atoms with Crippen molar-refractivity contribution in [2.75, 3.05) is 26.7 Å². The monoisotopic (exact) mass is 339 g/mol. The van der Waals surface area contributed by atoms with Crippen LogP contribution in [0.5, 0.6) is 0 Å². The molecule has 23 heavy (non-hydrogen) atoms. The summed E-state index contributed by atoms with van der Waals surface area (Å²) in [5, 5.41) is 6.38. The number of methoxy groups -OCH3 is 1. The quantitative estimate of drug-likeness (QED) is 0.885. The molecule has 2 N–H and O–H groups in total. The lowest BCUT2D eigenvalue weighted by Gasteiger charge is -2.30. The Labute approximate surface area is 141 Å². The molecule has 1 aliphatic heterocycles. The van der Waals surface area contributed by atoms with E-state index < -0.39 is 0 Å². The molecule has 7 heteroatoms. The number of urea groups is 1. The average molecular weight is 340 g/mol. The topological polar surface area (TPSA) is 70.7 Å². The summed E-state index contributed by atoms with van der Waals surface area (Å²) < 4.78 is 4.70. The number of hydrogen-bond acceptors (Lipinski definition) is 3. The zero-order chi connectivity index (χ0) is 16.7. The van der Waals surface area contributed by atoms with Gasteiger partial charge in [-0.15, -0.1) is 0 Å². The Hall–Kier alpha value is -1.95. The zero-order valence-corrected chi connectivity index (χ0v) is 13.9. The van der Waals surface area contributed by atoms with E-state index in [9.17, 15) is 9.59 Å². The lowest BCUT2D eigenvalue weighted by molar-refractivity contribution is 0.106. The maximum absolute atomic E-state index is 11.8. The molecule has 1 aromatic rings. The third kappa shape index (κ3) is 5.63. The molecule has 0 unspecified atom stereocenters. The largest absolute Gasteiger partial charge is 0.453 e. The standard InChI is InChI=1S/C16H22ClN3O3/c1-23-16(22)20-8-6-13(7-9-20)11-19-15(21)18-10-12-2-4-14(17)5-3-12/h2-5,13H,6-11H2,1H3,(H2,18,19,21). The normalized spacial score (nSPS) is 15.1. The van der Waals surface area contributed by atoms with E-state index >= 15 is 0 Å². The molecule has 0 atom stereocenters. The van der Waals surface area contributed by atoms with Gasteiger partial charge >= 0.3 is 12.1 Å². The van der Waals surface area contributed by atoms with Crippen LogP contribution in [-0.2, 0) is 11.3 Å². The van der Waals surface area contributed by atoms with Gasteiger partial charge in [-0.2, -0.15) is 0 Å². The molecule has 1 saturated heterocycles. The highest BCUT2D eigenvalue weighted by Crippen LogP contribution is 2.16. The van der Waals surface area contributed by atoms with Crippen LogP contribution >= 0.6 is 11.6 Å². The van der Waals surface area contributed by atoms with E-state index in [-0.39, 0.29) is 12.1 Å². The number of piperidine rings is 1. The third-order valence-corrected chi connectivity index (χ3v) is 4.22. The van der Waals surface area contributed by atoms with Crippen LogP contribution in [0.15, 0.2) is 24.3 Å². The van der Waals surface area contributed by atoms with Crippen LogP contribution < -0.4 is 10.6 Å². The van der Waals surface area contributed by atoms with Crippen LogP contribution in [-0.4, -0.2) is 43.8 Å². The van der Waals surface area contributed by atoms with Gasteiger partial charge in [0.05, 0.1) is 7.11 Å². The van der Waals surface area contributed by atoms with E-state index in [1.54, 1.807) is 17.0 Å². The summed E-state index contributed by atoms with van der Waals surface area (Å²) in [5.74, 6) is 0.386. The fourth-order valence-electron chi connectivity index (χ4n) is 2.53. The van der Waals surface area contributed by atoms with Crippen molar-refractivity contribution in [2.24, 2.45) is 5.92 Å². The Kier molecular flexibility index (Phi) is 6.52. The molecular formula is C16H22ClN3O3. The fraction of sp³-hybridized carbons (Fsp3) is 0.500. The van der Waals surface area contributed by atoms with Gasteiger partial charge in [0.15, 0.2) is 0 Å². The summed E-state index contributed by atoms with van der Waals surface area (Å²) in [7, 11) is 1.39. The second-order valence-electron chi connectivity index (χ2n) is 5.59. The number of amides is 3. The maximum atomic E-state index is 11.8. The first-order valence-electron chi connectivity index (χ1n) is 7.67. The number of hydrogen-bond donors (Lipinski definition) is 2. The smallest absolute Gasteiger partial charge is 0.409 e. The van der Waals surface area contributed by atoms with Crippen LogP contribution in [0.4, 0.5) is 9.59 Å². The van der Waals surface area contributed by atoms with Gasteiger partial charge in [0.25, 0.3) is 0 Å². The summed E-state index contributed by atoms with van der Waals surface area (Å²) in [6.45, 7) is 2.42. The predicted octanol–water partition coefficient (Wildman–Crippen LogP) is 2.62. The van der Waals surface area contributed by atoms with E-state index in [2.05, 4.69) is 10.6 Å². The molecule has 1 aromatic carbocycles. The van der Waals surface area contributed by atoms with Crippen molar-refractivity contribution in [3.05, 3.63) is 34.9 Å². The van der Waals surface area contributed by atoms with Crippen molar-refractivity contribution in [2.45, 2.75) is 19.4 Å². The molecule has 0 radical (unpaired) electrons. The lowest BCUT2D eigenvalue weighted by Crippen LogP contribution is -2.43. The molecule has 126 valence electrons. The first-order valence-corrected chi connectivity index (χ1v) is 8.05. The molecule has 0 saturated carbocycles. The Morgan fingerprint density at radius 2 is 1.87 bits per heavy atom. The number of nitrogens with zero attached hydrogens (tertiary/aromatic N) is 1. The van der Waals surface area contributed by atoms with E-state index in [4.69, 9.17) is 16.3 Å². The van der Waals surface area contributed by atoms with E-state index in [0.29, 0.717) is 37.1 Å². The van der Waals surface area contributed by atoms with Crippen molar-refractivity contribution in [3.8, 4) is 0 Å². The molecule has 0 bridgehead atoms. The second-order valence-corrected chi connectivity index (χ2v) is 6.03. The van der Waals surface area contributed by atoms with E-state index in [1.165, 1.54) is 7.11 Å². The first kappa shape index (κ1) is 17.4. The molecule has 2 rings (SSSR count). The molecule has 0 spiro atoms. The molecule has 1 heterocycles. The van der Waals surface area contributed by atoms with Crippen molar-refractivity contribution < 1.29 is 14.3 Å². The van der Waals surface area contributed by atoms with E-state index in [0.717, 1.165) is 18.4 Å². The number of likely N-dealkylation sites (tertiary alicyclic amines) is 1. The minimum Gasteiger partial charge on any atom is -0.453 e. The summed E-state index contributed by atoms with van der Waals surface area (Å²) in [4.78, 5) is 24.9. The lowest BCUT2D eigenvalue weighted by atomic mass is 9.97. The first-order chi connectivity index (χ1) is 11.1. The second kappa shape index (κ2) is 8.62. The fourth-order valence-corrected chi connectivity index (χ4v) is 2.66. The summed E-state index contributed by atoms with van der Waals surface area (Å²) in [5.41, 5.74) is 0.996. The van der Waals surface area contributed by atoms with Crippen LogP contribution in [0, 0.1) is 5.92 Å².